The molecule has 0 spiro atoms. The zero-order valence-electron chi connectivity index (χ0n) is 16.7. The maximum Gasteiger partial charge on any atom is 0.325 e. The number of halogens is 1. The molecule has 0 saturated carbocycles. The zero-order chi connectivity index (χ0) is 18.7. The van der Waals surface area contributed by atoms with Gasteiger partial charge in [0, 0.05) is 26.2 Å². The fraction of sp³-hybridized carbons (Fsp3) is 0.833. The van der Waals surface area contributed by atoms with E-state index in [1.807, 2.05) is 13.8 Å². The molecule has 0 aromatic heterocycles. The molecule has 1 fully saturated rings. The van der Waals surface area contributed by atoms with Crippen LogP contribution in [-0.4, -0.2) is 54.5 Å². The Bertz CT molecular complexity index is 472. The molecule has 1 rings (SSSR count). The summed E-state index contributed by atoms with van der Waals surface area (Å²) in [4.78, 5) is 30.1. The van der Waals surface area contributed by atoms with Crippen LogP contribution in [0.2, 0.25) is 0 Å². The van der Waals surface area contributed by atoms with Gasteiger partial charge in [-0.15, -0.1) is 24.0 Å². The predicted molar refractivity (Wildman–Crippen MR) is 117 cm³/mol. The monoisotopic (exact) mass is 481 g/mol. The van der Waals surface area contributed by atoms with Gasteiger partial charge in [-0.2, -0.15) is 0 Å². The lowest BCUT2D eigenvalue weighted by atomic mass is 9.99. The molecule has 0 aliphatic carbocycles. The highest BCUT2D eigenvalue weighted by atomic mass is 127. The number of imide groups is 1. The summed E-state index contributed by atoms with van der Waals surface area (Å²) in [6, 6.07) is -0.292. The Morgan fingerprint density at radius 1 is 1.12 bits per heavy atom. The van der Waals surface area contributed by atoms with E-state index in [9.17, 15) is 9.59 Å². The summed E-state index contributed by atoms with van der Waals surface area (Å²) >= 11 is 0. The Kier molecular flexibility index (Phi) is 12.6. The van der Waals surface area contributed by atoms with Crippen molar-refractivity contribution in [1.82, 2.24) is 20.9 Å². The van der Waals surface area contributed by atoms with E-state index >= 15 is 0 Å². The maximum absolute atomic E-state index is 12.3. The van der Waals surface area contributed by atoms with Gasteiger partial charge in [0.2, 0.25) is 0 Å². The van der Waals surface area contributed by atoms with Crippen LogP contribution in [-0.2, 0) is 4.79 Å². The summed E-state index contributed by atoms with van der Waals surface area (Å²) in [6.07, 6.45) is 6.11. The number of carbonyl (C=O) groups excluding carboxylic acids is 2. The van der Waals surface area contributed by atoms with Crippen LogP contribution in [0, 0.1) is 0 Å². The highest BCUT2D eigenvalue weighted by molar-refractivity contribution is 14.0. The van der Waals surface area contributed by atoms with Crippen LogP contribution in [0.5, 0.6) is 0 Å². The Morgan fingerprint density at radius 3 is 2.42 bits per heavy atom. The van der Waals surface area contributed by atoms with E-state index in [0.717, 1.165) is 25.5 Å². The van der Waals surface area contributed by atoms with E-state index < -0.39 is 5.54 Å². The second-order valence-electron chi connectivity index (χ2n) is 6.67. The Labute approximate surface area is 175 Å². The number of amides is 3. The molecule has 0 aromatic carbocycles. The van der Waals surface area contributed by atoms with Gasteiger partial charge in [-0.25, -0.2) is 4.79 Å². The van der Waals surface area contributed by atoms with Gasteiger partial charge in [-0.1, -0.05) is 33.1 Å². The third-order valence-corrected chi connectivity index (χ3v) is 4.53. The summed E-state index contributed by atoms with van der Waals surface area (Å²) in [5.41, 5.74) is -0.755. The van der Waals surface area contributed by atoms with Crippen LogP contribution in [0.1, 0.15) is 66.2 Å². The highest BCUT2D eigenvalue weighted by Gasteiger charge is 2.45. The van der Waals surface area contributed by atoms with Crippen molar-refractivity contribution >= 4 is 41.9 Å². The van der Waals surface area contributed by atoms with Crippen molar-refractivity contribution in [2.45, 2.75) is 71.8 Å². The van der Waals surface area contributed by atoms with Gasteiger partial charge in [0.1, 0.15) is 5.54 Å². The molecule has 0 aromatic rings. The number of hydrogen-bond acceptors (Lipinski definition) is 3. The highest BCUT2D eigenvalue weighted by Crippen LogP contribution is 2.20. The number of nitrogens with zero attached hydrogens (tertiary/aromatic N) is 2. The van der Waals surface area contributed by atoms with Crippen LogP contribution < -0.4 is 16.0 Å². The molecule has 0 radical (unpaired) electrons. The van der Waals surface area contributed by atoms with E-state index in [-0.39, 0.29) is 35.9 Å². The van der Waals surface area contributed by atoms with Crippen molar-refractivity contribution in [1.29, 1.82) is 0 Å². The topological polar surface area (TPSA) is 85.8 Å². The molecule has 3 N–H and O–H groups in total. The largest absolute Gasteiger partial charge is 0.357 e. The van der Waals surface area contributed by atoms with Gasteiger partial charge in [0.05, 0.1) is 0 Å². The molecule has 1 aliphatic rings. The van der Waals surface area contributed by atoms with E-state index in [1.165, 1.54) is 24.2 Å². The van der Waals surface area contributed by atoms with Crippen molar-refractivity contribution in [2.75, 3.05) is 26.2 Å². The number of hydrogen-bond donors (Lipinski definition) is 3. The van der Waals surface area contributed by atoms with Gasteiger partial charge in [0.15, 0.2) is 5.96 Å². The van der Waals surface area contributed by atoms with Crippen molar-refractivity contribution in [3.8, 4) is 0 Å². The van der Waals surface area contributed by atoms with Crippen molar-refractivity contribution in [3.63, 3.8) is 0 Å². The Morgan fingerprint density at radius 2 is 1.85 bits per heavy atom. The molecule has 152 valence electrons. The van der Waals surface area contributed by atoms with E-state index in [0.29, 0.717) is 25.9 Å². The molecule has 1 aliphatic heterocycles. The normalized spacial score (nSPS) is 20.0. The molecular formula is C18H36IN5O2. The van der Waals surface area contributed by atoms with Gasteiger partial charge in [-0.3, -0.25) is 14.7 Å². The molecule has 0 bridgehead atoms. The quantitative estimate of drug-likeness (QED) is 0.139. The van der Waals surface area contributed by atoms with Gasteiger partial charge >= 0.3 is 6.03 Å². The third-order valence-electron chi connectivity index (χ3n) is 4.53. The minimum Gasteiger partial charge on any atom is -0.357 e. The second kappa shape index (κ2) is 13.2. The molecular weight excluding hydrogens is 445 g/mol. The summed E-state index contributed by atoms with van der Waals surface area (Å²) in [7, 11) is 0. The lowest BCUT2D eigenvalue weighted by Crippen LogP contribution is -2.43. The first-order valence-corrected chi connectivity index (χ1v) is 9.64. The van der Waals surface area contributed by atoms with Crippen LogP contribution >= 0.6 is 24.0 Å². The van der Waals surface area contributed by atoms with Gasteiger partial charge in [-0.05, 0) is 33.1 Å². The summed E-state index contributed by atoms with van der Waals surface area (Å²) in [5.74, 6) is 0.666. The number of guanidine groups is 1. The predicted octanol–water partition coefficient (Wildman–Crippen LogP) is 2.85. The lowest BCUT2D eigenvalue weighted by Gasteiger charge is -2.19. The molecule has 3 amide bonds. The number of nitrogens with one attached hydrogen (secondary N) is 3. The van der Waals surface area contributed by atoms with E-state index in [4.69, 9.17) is 0 Å². The molecule has 1 unspecified atom stereocenters. The number of urea groups is 1. The first-order chi connectivity index (χ1) is 12.0. The average Bonchev–Trinajstić information content (AvgIpc) is 2.81. The van der Waals surface area contributed by atoms with Gasteiger partial charge in [0.25, 0.3) is 5.91 Å². The summed E-state index contributed by atoms with van der Waals surface area (Å²) in [6.45, 7) is 10.6. The summed E-state index contributed by atoms with van der Waals surface area (Å²) < 4.78 is 0. The first-order valence-electron chi connectivity index (χ1n) is 9.64. The van der Waals surface area contributed by atoms with Crippen LogP contribution in [0.15, 0.2) is 4.99 Å². The minimum atomic E-state index is -0.755. The second-order valence-corrected chi connectivity index (χ2v) is 6.67. The average molecular weight is 481 g/mol. The molecule has 7 nitrogen and oxygen atoms in total. The fourth-order valence-corrected chi connectivity index (χ4v) is 2.71. The smallest absolute Gasteiger partial charge is 0.325 e. The Balaban J connectivity index is 0.00000625. The minimum absolute atomic E-state index is 0. The standard InChI is InChI=1S/C18H35N5O2.HI/c1-5-8-9-10-12-20-16(19-7-3)21-13-11-14-23-15(24)18(4,6-2)22-17(23)25;/h5-14H2,1-4H3,(H,22,25)(H2,19,20,21);1H. The molecule has 1 saturated heterocycles. The fourth-order valence-electron chi connectivity index (χ4n) is 2.71. The van der Waals surface area contributed by atoms with Crippen LogP contribution in [0.3, 0.4) is 0 Å². The molecule has 1 heterocycles. The van der Waals surface area contributed by atoms with Crippen LogP contribution in [0.25, 0.3) is 0 Å². The molecule has 26 heavy (non-hydrogen) atoms. The summed E-state index contributed by atoms with van der Waals surface area (Å²) in [5, 5.41) is 9.32. The van der Waals surface area contributed by atoms with Crippen molar-refractivity contribution < 1.29 is 9.59 Å². The number of aliphatic imine (C=N–C) groups is 1. The number of unbranched alkanes of at least 4 members (excludes halogenated alkanes) is 3. The third kappa shape index (κ3) is 7.67. The Hall–Kier alpha value is -1.06. The first kappa shape index (κ1) is 24.9. The SMILES string of the molecule is CCCCCCNC(=NCCCN1C(=O)NC(C)(CC)C1=O)NCC.I. The van der Waals surface area contributed by atoms with E-state index in [1.54, 1.807) is 6.92 Å². The molecule has 8 heteroatoms. The van der Waals surface area contributed by atoms with Gasteiger partial charge < -0.3 is 16.0 Å². The molecule has 1 atom stereocenters. The zero-order valence-corrected chi connectivity index (χ0v) is 19.0. The van der Waals surface area contributed by atoms with Crippen molar-refractivity contribution in [2.24, 2.45) is 4.99 Å². The lowest BCUT2D eigenvalue weighted by molar-refractivity contribution is -0.130. The maximum atomic E-state index is 12.3. The van der Waals surface area contributed by atoms with Crippen LogP contribution in [0.4, 0.5) is 4.79 Å². The van der Waals surface area contributed by atoms with Crippen molar-refractivity contribution in [3.05, 3.63) is 0 Å². The number of rotatable bonds is 11. The van der Waals surface area contributed by atoms with E-state index in [2.05, 4.69) is 27.9 Å². The number of carbonyl (C=O) groups is 2.